The number of amides is 4. The topological polar surface area (TPSA) is 97.0 Å². The first-order valence-corrected chi connectivity index (χ1v) is 8.43. The van der Waals surface area contributed by atoms with Gasteiger partial charge in [0.25, 0.3) is 5.24 Å². The van der Waals surface area contributed by atoms with Crippen LogP contribution in [0.4, 0.5) is 9.59 Å². The van der Waals surface area contributed by atoms with Crippen molar-refractivity contribution >= 4 is 28.9 Å². The molecule has 1 aromatic carbocycles. The molecule has 130 valence electrons. The first kappa shape index (κ1) is 17.9. The van der Waals surface area contributed by atoms with E-state index in [1.807, 2.05) is 13.0 Å². The number of hydrogen-bond acceptors (Lipinski definition) is 6. The number of benzene rings is 1. The number of carbonyl (C=O) groups excluding carboxylic acids is 3. The van der Waals surface area contributed by atoms with Crippen molar-refractivity contribution in [2.24, 2.45) is 0 Å². The van der Waals surface area contributed by atoms with E-state index in [0.717, 1.165) is 16.7 Å². The van der Waals surface area contributed by atoms with Gasteiger partial charge in [0.2, 0.25) is 5.91 Å². The van der Waals surface area contributed by atoms with Crippen LogP contribution in [-0.4, -0.2) is 54.3 Å². The molecule has 0 radical (unpaired) electrons. The molecule has 1 aliphatic rings. The van der Waals surface area contributed by atoms with E-state index < -0.39 is 6.03 Å². The number of urea groups is 1. The fourth-order valence-corrected chi connectivity index (χ4v) is 2.72. The molecule has 0 spiro atoms. The van der Waals surface area contributed by atoms with Gasteiger partial charge in [-0.2, -0.15) is 0 Å². The van der Waals surface area contributed by atoms with Crippen molar-refractivity contribution in [2.75, 3.05) is 32.2 Å². The first-order valence-electron chi connectivity index (χ1n) is 7.45. The van der Waals surface area contributed by atoms with Crippen molar-refractivity contribution in [3.8, 4) is 11.5 Å². The molecule has 8 nitrogen and oxygen atoms in total. The quantitative estimate of drug-likeness (QED) is 0.686. The molecule has 0 aromatic heterocycles. The molecule has 1 heterocycles. The maximum Gasteiger partial charge on any atom is 0.317 e. The van der Waals surface area contributed by atoms with E-state index in [9.17, 15) is 14.4 Å². The molecule has 0 unspecified atom stereocenters. The van der Waals surface area contributed by atoms with Crippen LogP contribution in [0.3, 0.4) is 0 Å². The van der Waals surface area contributed by atoms with Crippen LogP contribution in [-0.2, 0) is 4.79 Å². The lowest BCUT2D eigenvalue weighted by molar-refractivity contribution is -0.124. The number of para-hydroxylation sites is 2. The fraction of sp³-hybridized carbons (Fsp3) is 0.400. The predicted molar refractivity (Wildman–Crippen MR) is 89.2 cm³/mol. The SMILES string of the molecule is CCOc1ccccc1OCNC(=O)NCCN1C(=O)CSC1=O. The summed E-state index contributed by atoms with van der Waals surface area (Å²) in [5, 5.41) is 4.81. The molecule has 0 bridgehead atoms. The van der Waals surface area contributed by atoms with Gasteiger partial charge in [-0.05, 0) is 19.1 Å². The minimum atomic E-state index is -0.448. The van der Waals surface area contributed by atoms with E-state index >= 15 is 0 Å². The van der Waals surface area contributed by atoms with Gasteiger partial charge in [0, 0.05) is 13.1 Å². The zero-order valence-electron chi connectivity index (χ0n) is 13.2. The standard InChI is InChI=1S/C15H19N3O5S/c1-2-22-11-5-3-4-6-12(11)23-10-17-14(20)16-7-8-18-13(19)9-24-15(18)21/h3-6H,2,7-10H2,1H3,(H2,16,17,20). The molecule has 1 aliphatic heterocycles. The van der Waals surface area contributed by atoms with Gasteiger partial charge in [-0.1, -0.05) is 23.9 Å². The molecule has 2 N–H and O–H groups in total. The predicted octanol–water partition coefficient (Wildman–Crippen LogP) is 1.42. The van der Waals surface area contributed by atoms with Crippen LogP contribution in [0.1, 0.15) is 6.92 Å². The lowest BCUT2D eigenvalue weighted by Gasteiger charge is -2.14. The highest BCUT2D eigenvalue weighted by Crippen LogP contribution is 2.25. The van der Waals surface area contributed by atoms with E-state index in [2.05, 4.69) is 10.6 Å². The summed E-state index contributed by atoms with van der Waals surface area (Å²) in [5.74, 6) is 1.07. The van der Waals surface area contributed by atoms with Gasteiger partial charge in [0.1, 0.15) is 0 Å². The molecular formula is C15H19N3O5S. The average molecular weight is 353 g/mol. The summed E-state index contributed by atoms with van der Waals surface area (Å²) in [5.41, 5.74) is 0. The third kappa shape index (κ3) is 5.05. The van der Waals surface area contributed by atoms with Crippen molar-refractivity contribution < 1.29 is 23.9 Å². The summed E-state index contributed by atoms with van der Waals surface area (Å²) >= 11 is 0.966. The van der Waals surface area contributed by atoms with Crippen molar-refractivity contribution in [1.82, 2.24) is 15.5 Å². The van der Waals surface area contributed by atoms with Gasteiger partial charge in [-0.3, -0.25) is 14.5 Å². The minimum absolute atomic E-state index is 0.0344. The lowest BCUT2D eigenvalue weighted by Crippen LogP contribution is -2.42. The van der Waals surface area contributed by atoms with Crippen LogP contribution < -0.4 is 20.1 Å². The van der Waals surface area contributed by atoms with E-state index in [0.29, 0.717) is 18.1 Å². The number of ether oxygens (including phenoxy) is 2. The molecule has 1 aromatic rings. The molecule has 1 fully saturated rings. The summed E-state index contributed by atoms with van der Waals surface area (Å²) in [6.45, 7) is 2.69. The molecule has 0 aliphatic carbocycles. The zero-order valence-corrected chi connectivity index (χ0v) is 14.1. The Hall–Kier alpha value is -2.42. The summed E-state index contributed by atoms with van der Waals surface area (Å²) in [7, 11) is 0. The van der Waals surface area contributed by atoms with Gasteiger partial charge in [0.15, 0.2) is 18.2 Å². The van der Waals surface area contributed by atoms with Gasteiger partial charge in [0.05, 0.1) is 12.4 Å². The summed E-state index contributed by atoms with van der Waals surface area (Å²) in [6.07, 6.45) is 0. The Bertz CT molecular complexity index is 595. The summed E-state index contributed by atoms with van der Waals surface area (Å²) in [6, 6.07) is 6.71. The van der Waals surface area contributed by atoms with Crippen LogP contribution in [0.15, 0.2) is 24.3 Å². The highest BCUT2D eigenvalue weighted by Gasteiger charge is 2.29. The van der Waals surface area contributed by atoms with E-state index in [1.165, 1.54) is 0 Å². The normalized spacial score (nSPS) is 13.8. The highest BCUT2D eigenvalue weighted by molar-refractivity contribution is 8.14. The molecule has 2 rings (SSSR count). The second-order valence-electron chi connectivity index (χ2n) is 4.70. The van der Waals surface area contributed by atoms with Gasteiger partial charge < -0.3 is 20.1 Å². The largest absolute Gasteiger partial charge is 0.490 e. The fourth-order valence-electron chi connectivity index (χ4n) is 1.96. The van der Waals surface area contributed by atoms with Gasteiger partial charge >= 0.3 is 6.03 Å². The monoisotopic (exact) mass is 353 g/mol. The summed E-state index contributed by atoms with van der Waals surface area (Å²) in [4.78, 5) is 35.6. The van der Waals surface area contributed by atoms with Crippen LogP contribution in [0.25, 0.3) is 0 Å². The molecule has 4 amide bonds. The van der Waals surface area contributed by atoms with E-state index in [-0.39, 0.29) is 36.7 Å². The Morgan fingerprint density at radius 3 is 2.54 bits per heavy atom. The van der Waals surface area contributed by atoms with Crippen molar-refractivity contribution in [1.29, 1.82) is 0 Å². The Morgan fingerprint density at radius 2 is 1.92 bits per heavy atom. The molecular weight excluding hydrogens is 334 g/mol. The first-order chi connectivity index (χ1) is 11.6. The number of nitrogens with one attached hydrogen (secondary N) is 2. The lowest BCUT2D eigenvalue weighted by atomic mass is 10.3. The Labute approximate surface area is 143 Å². The maximum absolute atomic E-state index is 11.7. The Balaban J connectivity index is 1.67. The third-order valence-electron chi connectivity index (χ3n) is 3.07. The molecule has 0 atom stereocenters. The summed E-state index contributed by atoms with van der Waals surface area (Å²) < 4.78 is 10.9. The number of imide groups is 1. The molecule has 24 heavy (non-hydrogen) atoms. The van der Waals surface area contributed by atoms with Crippen LogP contribution in [0.2, 0.25) is 0 Å². The van der Waals surface area contributed by atoms with Crippen molar-refractivity contribution in [3.63, 3.8) is 0 Å². The number of rotatable bonds is 8. The third-order valence-corrected chi connectivity index (χ3v) is 3.93. The maximum atomic E-state index is 11.7. The van der Waals surface area contributed by atoms with E-state index in [4.69, 9.17) is 9.47 Å². The van der Waals surface area contributed by atoms with Crippen LogP contribution in [0, 0.1) is 0 Å². The second-order valence-corrected chi connectivity index (χ2v) is 5.63. The Morgan fingerprint density at radius 1 is 1.21 bits per heavy atom. The number of carbonyl (C=O) groups is 3. The van der Waals surface area contributed by atoms with Crippen LogP contribution >= 0.6 is 11.8 Å². The molecule has 1 saturated heterocycles. The molecule has 9 heteroatoms. The number of thioether (sulfide) groups is 1. The smallest absolute Gasteiger partial charge is 0.317 e. The Kier molecular flexibility index (Phi) is 6.74. The molecule has 0 saturated carbocycles. The number of nitrogens with zero attached hydrogens (tertiary/aromatic N) is 1. The zero-order chi connectivity index (χ0) is 17.4. The minimum Gasteiger partial charge on any atom is -0.490 e. The van der Waals surface area contributed by atoms with Gasteiger partial charge in [-0.25, -0.2) is 4.79 Å². The highest BCUT2D eigenvalue weighted by atomic mass is 32.2. The number of hydrogen-bond donors (Lipinski definition) is 2. The van der Waals surface area contributed by atoms with Crippen molar-refractivity contribution in [3.05, 3.63) is 24.3 Å². The van der Waals surface area contributed by atoms with Crippen molar-refractivity contribution in [2.45, 2.75) is 6.92 Å². The average Bonchev–Trinajstić information content (AvgIpc) is 2.88. The van der Waals surface area contributed by atoms with Crippen LogP contribution in [0.5, 0.6) is 11.5 Å². The second kappa shape index (κ2) is 9.02. The van der Waals surface area contributed by atoms with E-state index in [1.54, 1.807) is 18.2 Å². The van der Waals surface area contributed by atoms with Gasteiger partial charge in [-0.15, -0.1) is 0 Å².